The van der Waals surface area contributed by atoms with Crippen molar-refractivity contribution in [3.63, 3.8) is 0 Å². The molecule has 1 aromatic carbocycles. The Kier molecular flexibility index (Phi) is 3.74. The molecule has 1 amide bonds. The van der Waals surface area contributed by atoms with Gasteiger partial charge in [0.25, 0.3) is 0 Å². The van der Waals surface area contributed by atoms with Gasteiger partial charge in [-0.3, -0.25) is 10.1 Å². The third-order valence-corrected chi connectivity index (χ3v) is 4.78. The van der Waals surface area contributed by atoms with Gasteiger partial charge in [-0.25, -0.2) is 0 Å². The number of hydrogen-bond acceptors (Lipinski definition) is 2. The molecule has 20 heavy (non-hydrogen) atoms. The lowest BCUT2D eigenvalue weighted by molar-refractivity contribution is -0.135. The normalized spacial score (nSPS) is 33.4. The first-order valence-corrected chi connectivity index (χ1v) is 7.81. The summed E-state index contributed by atoms with van der Waals surface area (Å²) in [6.45, 7) is 4.31. The van der Waals surface area contributed by atoms with Crippen LogP contribution in [-0.4, -0.2) is 22.9 Å². The SMILES string of the molecule is CCC1NC(c2ccc(Cl)cc2)N(C2CC(C)C2)C1=O. The smallest absolute Gasteiger partial charge is 0.241 e. The molecule has 4 heteroatoms. The van der Waals surface area contributed by atoms with Gasteiger partial charge in [-0.05, 0) is 42.9 Å². The highest BCUT2D eigenvalue weighted by atomic mass is 35.5. The summed E-state index contributed by atoms with van der Waals surface area (Å²) >= 11 is 5.96. The zero-order valence-electron chi connectivity index (χ0n) is 12.0. The summed E-state index contributed by atoms with van der Waals surface area (Å²) in [4.78, 5) is 14.6. The van der Waals surface area contributed by atoms with Crippen molar-refractivity contribution in [2.24, 2.45) is 5.92 Å². The number of carbonyl (C=O) groups excluding carboxylic acids is 1. The first-order chi connectivity index (χ1) is 9.60. The third-order valence-electron chi connectivity index (χ3n) is 4.53. The lowest BCUT2D eigenvalue weighted by Gasteiger charge is -2.42. The molecule has 0 aromatic heterocycles. The second kappa shape index (κ2) is 5.38. The summed E-state index contributed by atoms with van der Waals surface area (Å²) < 4.78 is 0. The fraction of sp³-hybridized carbons (Fsp3) is 0.562. The number of nitrogens with zero attached hydrogens (tertiary/aromatic N) is 1. The van der Waals surface area contributed by atoms with E-state index in [9.17, 15) is 4.79 Å². The molecule has 0 spiro atoms. The van der Waals surface area contributed by atoms with Gasteiger partial charge in [-0.15, -0.1) is 0 Å². The Morgan fingerprint density at radius 2 is 1.95 bits per heavy atom. The van der Waals surface area contributed by atoms with E-state index >= 15 is 0 Å². The largest absolute Gasteiger partial charge is 0.319 e. The molecular weight excluding hydrogens is 272 g/mol. The minimum atomic E-state index is -0.0495. The number of benzene rings is 1. The molecule has 2 atom stereocenters. The number of nitrogens with one attached hydrogen (secondary N) is 1. The van der Waals surface area contributed by atoms with Gasteiger partial charge in [-0.1, -0.05) is 37.6 Å². The van der Waals surface area contributed by atoms with E-state index in [1.165, 1.54) is 0 Å². The standard InChI is InChI=1S/C16H21ClN2O/c1-3-14-16(20)19(13-8-10(2)9-13)15(18-14)11-4-6-12(17)7-5-11/h4-7,10,13-15,18H,3,8-9H2,1-2H3. The molecule has 2 unspecified atom stereocenters. The lowest BCUT2D eigenvalue weighted by atomic mass is 9.80. The first-order valence-electron chi connectivity index (χ1n) is 7.43. The van der Waals surface area contributed by atoms with Crippen LogP contribution in [0.15, 0.2) is 24.3 Å². The Hall–Kier alpha value is -1.06. The fourth-order valence-corrected chi connectivity index (χ4v) is 3.45. The van der Waals surface area contributed by atoms with Crippen LogP contribution >= 0.6 is 11.6 Å². The molecule has 1 heterocycles. The van der Waals surface area contributed by atoms with Crippen LogP contribution in [0.5, 0.6) is 0 Å². The second-order valence-corrected chi connectivity index (χ2v) is 6.49. The van der Waals surface area contributed by atoms with E-state index in [0.717, 1.165) is 35.8 Å². The highest BCUT2D eigenvalue weighted by Gasteiger charge is 2.45. The maximum absolute atomic E-state index is 12.6. The molecule has 0 radical (unpaired) electrons. The summed E-state index contributed by atoms with van der Waals surface area (Å²) in [5.74, 6) is 0.990. The van der Waals surface area contributed by atoms with Gasteiger partial charge >= 0.3 is 0 Å². The molecule has 1 N–H and O–H groups in total. The van der Waals surface area contributed by atoms with Crippen molar-refractivity contribution < 1.29 is 4.79 Å². The zero-order chi connectivity index (χ0) is 14.3. The summed E-state index contributed by atoms with van der Waals surface area (Å²) in [6, 6.07) is 8.16. The Morgan fingerprint density at radius 3 is 2.50 bits per heavy atom. The van der Waals surface area contributed by atoms with Crippen molar-refractivity contribution >= 4 is 17.5 Å². The lowest BCUT2D eigenvalue weighted by Crippen LogP contribution is -2.47. The van der Waals surface area contributed by atoms with Gasteiger partial charge in [0.1, 0.15) is 6.17 Å². The maximum atomic E-state index is 12.6. The molecular formula is C16H21ClN2O. The monoisotopic (exact) mass is 292 g/mol. The molecule has 3 nitrogen and oxygen atoms in total. The van der Waals surface area contributed by atoms with Gasteiger partial charge in [0.05, 0.1) is 6.04 Å². The van der Waals surface area contributed by atoms with E-state index in [1.54, 1.807) is 0 Å². The van der Waals surface area contributed by atoms with Gasteiger partial charge < -0.3 is 4.90 Å². The first kappa shape index (κ1) is 13.9. The van der Waals surface area contributed by atoms with Crippen molar-refractivity contribution in [1.29, 1.82) is 0 Å². The van der Waals surface area contributed by atoms with Crippen molar-refractivity contribution in [2.75, 3.05) is 0 Å². The van der Waals surface area contributed by atoms with Crippen LogP contribution in [0.2, 0.25) is 5.02 Å². The third kappa shape index (κ3) is 2.33. The molecule has 0 bridgehead atoms. The maximum Gasteiger partial charge on any atom is 0.241 e. The van der Waals surface area contributed by atoms with E-state index in [-0.39, 0.29) is 18.1 Å². The Labute approximate surface area is 125 Å². The highest BCUT2D eigenvalue weighted by Crippen LogP contribution is 2.38. The summed E-state index contributed by atoms with van der Waals surface area (Å²) in [5, 5.41) is 4.20. The molecule has 2 fully saturated rings. The summed E-state index contributed by atoms with van der Waals surface area (Å²) in [5.41, 5.74) is 1.12. The Bertz CT molecular complexity index is 496. The van der Waals surface area contributed by atoms with Crippen LogP contribution in [0.3, 0.4) is 0 Å². The molecule has 1 aliphatic heterocycles. The van der Waals surface area contributed by atoms with Crippen LogP contribution in [0, 0.1) is 5.92 Å². The highest BCUT2D eigenvalue weighted by molar-refractivity contribution is 6.30. The topological polar surface area (TPSA) is 32.3 Å². The molecule has 1 aromatic rings. The zero-order valence-corrected chi connectivity index (χ0v) is 12.7. The molecule has 3 rings (SSSR count). The van der Waals surface area contributed by atoms with Crippen LogP contribution in [-0.2, 0) is 4.79 Å². The molecule has 1 saturated carbocycles. The fourth-order valence-electron chi connectivity index (χ4n) is 3.32. The van der Waals surface area contributed by atoms with Gasteiger partial charge in [0.2, 0.25) is 5.91 Å². The van der Waals surface area contributed by atoms with E-state index in [1.807, 2.05) is 24.3 Å². The average Bonchev–Trinajstić information content (AvgIpc) is 2.73. The quantitative estimate of drug-likeness (QED) is 0.926. The minimum Gasteiger partial charge on any atom is -0.319 e. The van der Waals surface area contributed by atoms with Crippen LogP contribution in [0.4, 0.5) is 0 Å². The van der Waals surface area contributed by atoms with Crippen molar-refractivity contribution in [1.82, 2.24) is 10.2 Å². The Balaban J connectivity index is 1.86. The molecule has 2 aliphatic rings. The van der Waals surface area contributed by atoms with Gasteiger partial charge in [0.15, 0.2) is 0 Å². The number of hydrogen-bond donors (Lipinski definition) is 1. The Morgan fingerprint density at radius 1 is 1.30 bits per heavy atom. The average molecular weight is 293 g/mol. The number of rotatable bonds is 3. The van der Waals surface area contributed by atoms with Crippen LogP contribution in [0.1, 0.15) is 44.8 Å². The van der Waals surface area contributed by atoms with Gasteiger partial charge in [0, 0.05) is 11.1 Å². The van der Waals surface area contributed by atoms with Crippen molar-refractivity contribution in [3.8, 4) is 0 Å². The van der Waals surface area contributed by atoms with Crippen molar-refractivity contribution in [2.45, 2.75) is 51.4 Å². The molecule has 1 aliphatic carbocycles. The van der Waals surface area contributed by atoms with E-state index in [2.05, 4.69) is 24.1 Å². The summed E-state index contributed by atoms with van der Waals surface area (Å²) in [7, 11) is 0. The minimum absolute atomic E-state index is 0.00205. The number of halogens is 1. The molecule has 1 saturated heterocycles. The second-order valence-electron chi connectivity index (χ2n) is 6.06. The van der Waals surface area contributed by atoms with Crippen molar-refractivity contribution in [3.05, 3.63) is 34.9 Å². The van der Waals surface area contributed by atoms with E-state index < -0.39 is 0 Å². The predicted molar refractivity (Wildman–Crippen MR) is 80.4 cm³/mol. The predicted octanol–water partition coefficient (Wildman–Crippen LogP) is 3.35. The van der Waals surface area contributed by atoms with E-state index in [0.29, 0.717) is 6.04 Å². The summed E-state index contributed by atoms with van der Waals surface area (Å²) in [6.07, 6.45) is 3.08. The molecule has 108 valence electrons. The number of amides is 1. The van der Waals surface area contributed by atoms with Crippen LogP contribution < -0.4 is 5.32 Å². The van der Waals surface area contributed by atoms with Gasteiger partial charge in [-0.2, -0.15) is 0 Å². The van der Waals surface area contributed by atoms with E-state index in [4.69, 9.17) is 11.6 Å². The van der Waals surface area contributed by atoms with Crippen LogP contribution in [0.25, 0.3) is 0 Å². The number of carbonyl (C=O) groups is 1.